The average Bonchev–Trinajstić information content (AvgIpc) is 2.66. The number of nitrogens with one attached hydrogen (secondary N) is 1. The van der Waals surface area contributed by atoms with Crippen LogP contribution in [-0.2, 0) is 9.59 Å². The molecular weight excluding hydrogens is 392 g/mol. The van der Waals surface area contributed by atoms with Crippen LogP contribution in [0.25, 0.3) is 6.08 Å². The molecule has 3 rings (SSSR count). The fourth-order valence-corrected chi connectivity index (χ4v) is 3.01. The smallest absolute Gasteiger partial charge is 0.335 e. The number of thiocarbonyl (C=S) groups is 1. The maximum absolute atomic E-state index is 13.0. The predicted octanol–water partition coefficient (Wildman–Crippen LogP) is 3.00. The summed E-state index contributed by atoms with van der Waals surface area (Å²) in [4.78, 5) is 37.5. The van der Waals surface area contributed by atoms with Gasteiger partial charge < -0.3 is 9.84 Å². The normalized spacial score (nSPS) is 15.6. The largest absolute Gasteiger partial charge is 0.491 e. The first-order chi connectivity index (χ1) is 13.8. The van der Waals surface area contributed by atoms with Crippen molar-refractivity contribution < 1.29 is 24.2 Å². The lowest BCUT2D eigenvalue weighted by Crippen LogP contribution is -2.54. The first kappa shape index (κ1) is 20.2. The summed E-state index contributed by atoms with van der Waals surface area (Å²) in [5.41, 5.74) is 0.997. The molecule has 8 heteroatoms. The van der Waals surface area contributed by atoms with E-state index in [-0.39, 0.29) is 22.4 Å². The molecule has 1 saturated heterocycles. The Morgan fingerprint density at radius 1 is 1.10 bits per heavy atom. The Morgan fingerprint density at radius 2 is 1.72 bits per heavy atom. The predicted molar refractivity (Wildman–Crippen MR) is 112 cm³/mol. The van der Waals surface area contributed by atoms with Crippen LogP contribution in [0.5, 0.6) is 5.75 Å². The number of hydrogen-bond acceptors (Lipinski definition) is 5. The van der Waals surface area contributed by atoms with E-state index < -0.39 is 17.8 Å². The van der Waals surface area contributed by atoms with Gasteiger partial charge in [-0.2, -0.15) is 0 Å². The minimum Gasteiger partial charge on any atom is -0.491 e. The zero-order valence-electron chi connectivity index (χ0n) is 15.7. The van der Waals surface area contributed by atoms with Crippen LogP contribution in [0.2, 0.25) is 0 Å². The fourth-order valence-electron chi connectivity index (χ4n) is 2.73. The van der Waals surface area contributed by atoms with Gasteiger partial charge in [0.2, 0.25) is 0 Å². The zero-order valence-corrected chi connectivity index (χ0v) is 16.5. The maximum atomic E-state index is 13.0. The second kappa shape index (κ2) is 8.24. The Kier molecular flexibility index (Phi) is 5.74. The highest BCUT2D eigenvalue weighted by atomic mass is 32.1. The van der Waals surface area contributed by atoms with Gasteiger partial charge in [0.25, 0.3) is 11.8 Å². The van der Waals surface area contributed by atoms with Crippen molar-refractivity contribution in [1.29, 1.82) is 0 Å². The number of anilines is 1. The monoisotopic (exact) mass is 410 g/mol. The summed E-state index contributed by atoms with van der Waals surface area (Å²) in [6.45, 7) is 3.84. The van der Waals surface area contributed by atoms with Crippen LogP contribution < -0.4 is 15.0 Å². The minimum absolute atomic E-state index is 0.0343. The van der Waals surface area contributed by atoms with E-state index in [2.05, 4.69) is 5.32 Å². The third kappa shape index (κ3) is 4.49. The number of rotatable bonds is 5. The molecule has 29 heavy (non-hydrogen) atoms. The third-order valence-electron chi connectivity index (χ3n) is 4.04. The van der Waals surface area contributed by atoms with Gasteiger partial charge in [0.1, 0.15) is 11.3 Å². The standard InChI is InChI=1S/C21H18N2O5S/c1-12(2)28-16-9-3-13(4-10-16)11-17-18(24)22-21(29)23(19(17)25)15-7-5-14(6-8-15)20(26)27/h3-12H,1-2H3,(H,26,27)(H,22,24,29)/b17-11+. The SMILES string of the molecule is CC(C)Oc1ccc(/C=C2\C(=O)NC(=S)N(c3ccc(C(=O)O)cc3)C2=O)cc1. The summed E-state index contributed by atoms with van der Waals surface area (Å²) >= 11 is 5.14. The van der Waals surface area contributed by atoms with Gasteiger partial charge in [-0.1, -0.05) is 12.1 Å². The van der Waals surface area contributed by atoms with E-state index in [0.29, 0.717) is 17.0 Å². The Morgan fingerprint density at radius 3 is 2.28 bits per heavy atom. The molecule has 0 radical (unpaired) electrons. The van der Waals surface area contributed by atoms with E-state index >= 15 is 0 Å². The van der Waals surface area contributed by atoms with Gasteiger partial charge in [0, 0.05) is 0 Å². The number of benzene rings is 2. The van der Waals surface area contributed by atoms with Crippen molar-refractivity contribution in [2.45, 2.75) is 20.0 Å². The Hall–Kier alpha value is -3.52. The summed E-state index contributed by atoms with van der Waals surface area (Å²) in [6, 6.07) is 12.6. The lowest BCUT2D eigenvalue weighted by Gasteiger charge is -2.29. The molecule has 0 saturated carbocycles. The van der Waals surface area contributed by atoms with Gasteiger partial charge in [0.05, 0.1) is 17.4 Å². The van der Waals surface area contributed by atoms with Gasteiger partial charge in [-0.3, -0.25) is 19.8 Å². The van der Waals surface area contributed by atoms with Crippen LogP contribution in [0, 0.1) is 0 Å². The molecule has 0 aliphatic carbocycles. The quantitative estimate of drug-likeness (QED) is 0.447. The highest BCUT2D eigenvalue weighted by Crippen LogP contribution is 2.23. The molecule has 2 aromatic rings. The molecule has 0 aromatic heterocycles. The van der Waals surface area contributed by atoms with E-state index in [9.17, 15) is 14.4 Å². The molecule has 1 fully saturated rings. The highest BCUT2D eigenvalue weighted by molar-refractivity contribution is 7.80. The van der Waals surface area contributed by atoms with Crippen molar-refractivity contribution >= 4 is 46.9 Å². The highest BCUT2D eigenvalue weighted by Gasteiger charge is 2.34. The zero-order chi connectivity index (χ0) is 21.1. The van der Waals surface area contributed by atoms with Gasteiger partial charge in [-0.05, 0) is 74.1 Å². The number of nitrogens with zero attached hydrogens (tertiary/aromatic N) is 1. The second-order valence-electron chi connectivity index (χ2n) is 6.55. The van der Waals surface area contributed by atoms with Gasteiger partial charge in [-0.25, -0.2) is 4.79 Å². The number of carboxylic acid groups (broad SMARTS) is 1. The first-order valence-corrected chi connectivity index (χ1v) is 9.18. The second-order valence-corrected chi connectivity index (χ2v) is 6.93. The molecule has 2 aromatic carbocycles. The van der Waals surface area contributed by atoms with Crippen LogP contribution in [-0.4, -0.2) is 34.1 Å². The van der Waals surface area contributed by atoms with Crippen LogP contribution in [0.3, 0.4) is 0 Å². The van der Waals surface area contributed by atoms with Crippen molar-refractivity contribution in [2.75, 3.05) is 4.90 Å². The molecular formula is C21H18N2O5S. The van der Waals surface area contributed by atoms with E-state index in [1.165, 1.54) is 30.3 Å². The van der Waals surface area contributed by atoms with Crippen LogP contribution in [0.15, 0.2) is 54.1 Å². The number of carbonyl (C=O) groups is 3. The number of carbonyl (C=O) groups excluding carboxylic acids is 2. The Labute approximate surface area is 172 Å². The minimum atomic E-state index is -1.08. The first-order valence-electron chi connectivity index (χ1n) is 8.78. The van der Waals surface area contributed by atoms with Crippen molar-refractivity contribution in [3.8, 4) is 5.75 Å². The number of amides is 2. The number of ether oxygens (including phenoxy) is 1. The van der Waals surface area contributed by atoms with E-state index in [1.54, 1.807) is 24.3 Å². The van der Waals surface area contributed by atoms with Gasteiger partial charge in [0.15, 0.2) is 5.11 Å². The van der Waals surface area contributed by atoms with Crippen LogP contribution >= 0.6 is 12.2 Å². The van der Waals surface area contributed by atoms with Crippen LogP contribution in [0.4, 0.5) is 5.69 Å². The number of aromatic carboxylic acids is 1. The van der Waals surface area contributed by atoms with Gasteiger partial charge >= 0.3 is 5.97 Å². The topological polar surface area (TPSA) is 95.9 Å². The fraction of sp³-hybridized carbons (Fsp3) is 0.143. The molecule has 148 valence electrons. The molecule has 2 N–H and O–H groups in total. The molecule has 7 nitrogen and oxygen atoms in total. The molecule has 2 amide bonds. The number of carboxylic acids is 1. The summed E-state index contributed by atoms with van der Waals surface area (Å²) in [5, 5.41) is 11.4. The van der Waals surface area contributed by atoms with E-state index in [4.69, 9.17) is 22.1 Å². The van der Waals surface area contributed by atoms with Crippen LogP contribution in [0.1, 0.15) is 29.8 Å². The molecule has 0 atom stereocenters. The van der Waals surface area contributed by atoms with Gasteiger partial charge in [-0.15, -0.1) is 0 Å². The summed E-state index contributed by atoms with van der Waals surface area (Å²) < 4.78 is 5.58. The van der Waals surface area contributed by atoms with Crippen molar-refractivity contribution in [3.63, 3.8) is 0 Å². The summed E-state index contributed by atoms with van der Waals surface area (Å²) in [6.07, 6.45) is 1.50. The van der Waals surface area contributed by atoms with Crippen molar-refractivity contribution in [3.05, 3.63) is 65.2 Å². The lowest BCUT2D eigenvalue weighted by molar-refractivity contribution is -0.122. The van der Waals surface area contributed by atoms with E-state index in [1.807, 2.05) is 13.8 Å². The average molecular weight is 410 g/mol. The van der Waals surface area contributed by atoms with E-state index in [0.717, 1.165) is 4.90 Å². The molecule has 0 unspecified atom stereocenters. The molecule has 1 aliphatic rings. The Bertz CT molecular complexity index is 1010. The molecule has 1 aliphatic heterocycles. The molecule has 1 heterocycles. The third-order valence-corrected chi connectivity index (χ3v) is 4.32. The molecule has 0 spiro atoms. The number of hydrogen-bond donors (Lipinski definition) is 2. The Balaban J connectivity index is 1.90. The summed E-state index contributed by atoms with van der Waals surface area (Å²) in [5.74, 6) is -1.59. The lowest BCUT2D eigenvalue weighted by atomic mass is 10.1. The van der Waals surface area contributed by atoms with Crippen molar-refractivity contribution in [2.24, 2.45) is 0 Å². The summed E-state index contributed by atoms with van der Waals surface area (Å²) in [7, 11) is 0. The molecule has 0 bridgehead atoms. The van der Waals surface area contributed by atoms with Crippen molar-refractivity contribution in [1.82, 2.24) is 5.32 Å². The maximum Gasteiger partial charge on any atom is 0.335 e.